The molecular weight excluding hydrogens is 216 g/mol. The summed E-state index contributed by atoms with van der Waals surface area (Å²) in [7, 11) is 5.40. The Balaban J connectivity index is 2.24. The summed E-state index contributed by atoms with van der Waals surface area (Å²) in [4.78, 5) is 12.9. The first-order chi connectivity index (χ1) is 8.13. The second-order valence-electron chi connectivity index (χ2n) is 4.01. The SMILES string of the molecule is CNc1ccc(OCCCC(=O)N(C)C)cc1. The maximum Gasteiger partial charge on any atom is 0.222 e. The maximum absolute atomic E-state index is 11.3. The number of ether oxygens (including phenoxy) is 1. The van der Waals surface area contributed by atoms with Crippen molar-refractivity contribution in [3.63, 3.8) is 0 Å². The number of amides is 1. The summed E-state index contributed by atoms with van der Waals surface area (Å²) in [5.74, 6) is 0.973. The van der Waals surface area contributed by atoms with Crippen molar-refractivity contribution in [2.24, 2.45) is 0 Å². The normalized spacial score (nSPS) is 9.82. The highest BCUT2D eigenvalue weighted by Gasteiger charge is 2.03. The highest BCUT2D eigenvalue weighted by Crippen LogP contribution is 2.15. The minimum absolute atomic E-state index is 0.138. The zero-order chi connectivity index (χ0) is 12.7. The van der Waals surface area contributed by atoms with Crippen molar-refractivity contribution in [3.8, 4) is 5.75 Å². The summed E-state index contributed by atoms with van der Waals surface area (Å²) in [6.07, 6.45) is 1.27. The van der Waals surface area contributed by atoms with Crippen molar-refractivity contribution in [1.29, 1.82) is 0 Å². The predicted octanol–water partition coefficient (Wildman–Crippen LogP) is 1.98. The molecule has 0 heterocycles. The number of hydrogen-bond donors (Lipinski definition) is 1. The van der Waals surface area contributed by atoms with E-state index in [1.165, 1.54) is 0 Å². The molecule has 0 aliphatic rings. The van der Waals surface area contributed by atoms with Gasteiger partial charge in [0.1, 0.15) is 5.75 Å². The number of nitrogens with one attached hydrogen (secondary N) is 1. The Kier molecular flexibility index (Phi) is 5.33. The van der Waals surface area contributed by atoms with Gasteiger partial charge in [-0.25, -0.2) is 0 Å². The molecule has 0 saturated carbocycles. The third kappa shape index (κ3) is 4.76. The Morgan fingerprint density at radius 3 is 2.47 bits per heavy atom. The van der Waals surface area contributed by atoms with Crippen LogP contribution in [-0.2, 0) is 4.79 Å². The summed E-state index contributed by atoms with van der Waals surface area (Å²) >= 11 is 0. The molecular formula is C13H20N2O2. The first-order valence-corrected chi connectivity index (χ1v) is 5.74. The van der Waals surface area contributed by atoms with Crippen LogP contribution in [-0.4, -0.2) is 38.6 Å². The highest BCUT2D eigenvalue weighted by atomic mass is 16.5. The number of rotatable bonds is 6. The standard InChI is InChI=1S/C13H20N2O2/c1-14-11-6-8-12(9-7-11)17-10-4-5-13(16)15(2)3/h6-9,14H,4-5,10H2,1-3H3. The van der Waals surface area contributed by atoms with E-state index in [9.17, 15) is 4.79 Å². The van der Waals surface area contributed by atoms with Crippen LogP contribution in [0.2, 0.25) is 0 Å². The van der Waals surface area contributed by atoms with Crippen LogP contribution in [0.4, 0.5) is 5.69 Å². The third-order valence-electron chi connectivity index (χ3n) is 2.45. The summed E-state index contributed by atoms with van der Waals surface area (Å²) in [6, 6.07) is 7.75. The Labute approximate surface area is 103 Å². The van der Waals surface area contributed by atoms with Gasteiger partial charge in [0.15, 0.2) is 0 Å². The van der Waals surface area contributed by atoms with Gasteiger partial charge in [-0.05, 0) is 30.7 Å². The van der Waals surface area contributed by atoms with E-state index in [2.05, 4.69) is 5.32 Å². The average Bonchev–Trinajstić information content (AvgIpc) is 2.35. The lowest BCUT2D eigenvalue weighted by Gasteiger charge is -2.10. The molecule has 4 nitrogen and oxygen atoms in total. The minimum atomic E-state index is 0.138. The number of anilines is 1. The van der Waals surface area contributed by atoms with Crippen molar-refractivity contribution in [2.45, 2.75) is 12.8 Å². The third-order valence-corrected chi connectivity index (χ3v) is 2.45. The van der Waals surface area contributed by atoms with Gasteiger partial charge in [0.25, 0.3) is 0 Å². The van der Waals surface area contributed by atoms with Gasteiger partial charge in [-0.3, -0.25) is 4.79 Å². The van der Waals surface area contributed by atoms with Gasteiger partial charge < -0.3 is 15.0 Å². The molecule has 0 aliphatic heterocycles. The quantitative estimate of drug-likeness (QED) is 0.768. The molecule has 0 spiro atoms. The predicted molar refractivity (Wildman–Crippen MR) is 69.4 cm³/mol. The van der Waals surface area contributed by atoms with Crippen molar-refractivity contribution in [1.82, 2.24) is 4.90 Å². The minimum Gasteiger partial charge on any atom is -0.494 e. The molecule has 0 atom stereocenters. The van der Waals surface area contributed by atoms with Crippen molar-refractivity contribution in [3.05, 3.63) is 24.3 Å². The lowest BCUT2D eigenvalue weighted by atomic mass is 10.3. The molecule has 17 heavy (non-hydrogen) atoms. The molecule has 1 aromatic rings. The number of carbonyl (C=O) groups is 1. The van der Waals surface area contributed by atoms with E-state index in [-0.39, 0.29) is 5.91 Å². The Hall–Kier alpha value is -1.71. The lowest BCUT2D eigenvalue weighted by molar-refractivity contribution is -0.128. The van der Waals surface area contributed by atoms with Gasteiger partial charge in [0.2, 0.25) is 5.91 Å². The highest BCUT2D eigenvalue weighted by molar-refractivity contribution is 5.75. The maximum atomic E-state index is 11.3. The largest absolute Gasteiger partial charge is 0.494 e. The monoisotopic (exact) mass is 236 g/mol. The van der Waals surface area contributed by atoms with Crippen molar-refractivity contribution < 1.29 is 9.53 Å². The molecule has 1 N–H and O–H groups in total. The summed E-state index contributed by atoms with van der Waals surface area (Å²) in [5, 5.41) is 3.04. The summed E-state index contributed by atoms with van der Waals surface area (Å²) in [6.45, 7) is 0.568. The van der Waals surface area contributed by atoms with E-state index >= 15 is 0 Å². The van der Waals surface area contributed by atoms with Crippen LogP contribution in [0.3, 0.4) is 0 Å². The summed E-state index contributed by atoms with van der Waals surface area (Å²) in [5.41, 5.74) is 1.06. The van der Waals surface area contributed by atoms with E-state index in [0.29, 0.717) is 13.0 Å². The van der Waals surface area contributed by atoms with Crippen LogP contribution in [0.1, 0.15) is 12.8 Å². The van der Waals surface area contributed by atoms with Gasteiger partial charge in [-0.2, -0.15) is 0 Å². The molecule has 0 radical (unpaired) electrons. The van der Waals surface area contributed by atoms with E-state index in [1.807, 2.05) is 31.3 Å². The molecule has 0 aliphatic carbocycles. The van der Waals surface area contributed by atoms with Crippen LogP contribution in [0.25, 0.3) is 0 Å². The topological polar surface area (TPSA) is 41.6 Å². The van der Waals surface area contributed by atoms with Crippen molar-refractivity contribution in [2.75, 3.05) is 33.1 Å². The molecule has 1 amide bonds. The molecule has 94 valence electrons. The van der Waals surface area contributed by atoms with E-state index in [0.717, 1.165) is 17.9 Å². The molecule has 0 aromatic heterocycles. The Morgan fingerprint density at radius 1 is 1.29 bits per heavy atom. The van der Waals surface area contributed by atoms with Gasteiger partial charge in [-0.15, -0.1) is 0 Å². The van der Waals surface area contributed by atoms with Crippen LogP contribution in [0.15, 0.2) is 24.3 Å². The number of carbonyl (C=O) groups excluding carboxylic acids is 1. The van der Waals surface area contributed by atoms with Crippen LogP contribution in [0.5, 0.6) is 5.75 Å². The summed E-state index contributed by atoms with van der Waals surface area (Å²) < 4.78 is 5.54. The number of hydrogen-bond acceptors (Lipinski definition) is 3. The van der Waals surface area contributed by atoms with E-state index in [1.54, 1.807) is 19.0 Å². The Morgan fingerprint density at radius 2 is 1.94 bits per heavy atom. The lowest BCUT2D eigenvalue weighted by Crippen LogP contribution is -2.21. The molecule has 0 saturated heterocycles. The van der Waals surface area contributed by atoms with Crippen LogP contribution >= 0.6 is 0 Å². The smallest absolute Gasteiger partial charge is 0.222 e. The molecule has 4 heteroatoms. The van der Waals surface area contributed by atoms with E-state index in [4.69, 9.17) is 4.74 Å². The fraction of sp³-hybridized carbons (Fsp3) is 0.462. The van der Waals surface area contributed by atoms with Gasteiger partial charge in [0, 0.05) is 33.3 Å². The molecule has 0 fully saturated rings. The van der Waals surface area contributed by atoms with Crippen LogP contribution in [0, 0.1) is 0 Å². The number of nitrogens with zero attached hydrogens (tertiary/aromatic N) is 1. The van der Waals surface area contributed by atoms with Crippen LogP contribution < -0.4 is 10.1 Å². The average molecular weight is 236 g/mol. The second-order valence-corrected chi connectivity index (χ2v) is 4.01. The van der Waals surface area contributed by atoms with Gasteiger partial charge in [0.05, 0.1) is 6.61 Å². The van der Waals surface area contributed by atoms with Gasteiger partial charge in [-0.1, -0.05) is 0 Å². The number of benzene rings is 1. The molecule has 0 bridgehead atoms. The first-order valence-electron chi connectivity index (χ1n) is 5.74. The van der Waals surface area contributed by atoms with Crippen molar-refractivity contribution >= 4 is 11.6 Å². The fourth-order valence-corrected chi connectivity index (χ4v) is 1.35. The zero-order valence-electron chi connectivity index (χ0n) is 10.7. The molecule has 1 aromatic carbocycles. The first kappa shape index (κ1) is 13.4. The van der Waals surface area contributed by atoms with Gasteiger partial charge >= 0.3 is 0 Å². The van der Waals surface area contributed by atoms with E-state index < -0.39 is 0 Å². The molecule has 1 rings (SSSR count). The fourth-order valence-electron chi connectivity index (χ4n) is 1.35. The zero-order valence-corrected chi connectivity index (χ0v) is 10.7. The Bertz CT molecular complexity index is 347. The molecule has 0 unspecified atom stereocenters. The second kappa shape index (κ2) is 6.78.